The van der Waals surface area contributed by atoms with Crippen molar-refractivity contribution in [1.82, 2.24) is 20.5 Å². The first-order valence-electron chi connectivity index (χ1n) is 4.64. The van der Waals surface area contributed by atoms with Gasteiger partial charge in [0, 0.05) is 11.0 Å². The summed E-state index contributed by atoms with van der Waals surface area (Å²) in [6, 6.07) is 7.70. The number of aromatic nitrogens is 3. The third-order valence-corrected chi connectivity index (χ3v) is 2.80. The molecule has 2 aromatic rings. The van der Waals surface area contributed by atoms with Gasteiger partial charge in [-0.3, -0.25) is 9.89 Å². The molecule has 5 nitrogen and oxygen atoms in total. The van der Waals surface area contributed by atoms with Crippen LogP contribution < -0.4 is 5.32 Å². The van der Waals surface area contributed by atoms with E-state index in [1.165, 1.54) is 6.33 Å². The van der Waals surface area contributed by atoms with Crippen LogP contribution in [0.4, 0.5) is 0 Å². The van der Waals surface area contributed by atoms with E-state index in [0.29, 0.717) is 6.54 Å². The molecule has 1 aromatic carbocycles. The highest BCUT2D eigenvalue weighted by molar-refractivity contribution is 9.10. The van der Waals surface area contributed by atoms with Crippen LogP contribution in [0.1, 0.15) is 16.2 Å². The zero-order chi connectivity index (χ0) is 11.4. The third kappa shape index (κ3) is 2.46. The zero-order valence-corrected chi connectivity index (χ0v) is 9.86. The van der Waals surface area contributed by atoms with E-state index in [1.807, 2.05) is 24.3 Å². The number of amides is 1. The van der Waals surface area contributed by atoms with Crippen molar-refractivity contribution in [2.75, 3.05) is 0 Å². The molecule has 0 unspecified atom stereocenters. The van der Waals surface area contributed by atoms with Gasteiger partial charge in [0.05, 0.1) is 0 Å². The minimum absolute atomic E-state index is 0.215. The zero-order valence-electron chi connectivity index (χ0n) is 8.27. The summed E-state index contributed by atoms with van der Waals surface area (Å²) in [6.45, 7) is 0.445. The van der Waals surface area contributed by atoms with Crippen LogP contribution in [0.5, 0.6) is 0 Å². The second-order valence-electron chi connectivity index (χ2n) is 3.11. The van der Waals surface area contributed by atoms with Crippen LogP contribution in [-0.2, 0) is 6.54 Å². The van der Waals surface area contributed by atoms with Crippen LogP contribution in [-0.4, -0.2) is 21.1 Å². The summed E-state index contributed by atoms with van der Waals surface area (Å²) in [7, 11) is 0. The van der Waals surface area contributed by atoms with Crippen LogP contribution in [0.2, 0.25) is 0 Å². The van der Waals surface area contributed by atoms with Gasteiger partial charge >= 0.3 is 0 Å². The second-order valence-corrected chi connectivity index (χ2v) is 3.96. The number of H-pyrrole nitrogens is 1. The van der Waals surface area contributed by atoms with Crippen molar-refractivity contribution in [3.05, 3.63) is 46.5 Å². The van der Waals surface area contributed by atoms with Gasteiger partial charge in [0.2, 0.25) is 5.82 Å². The molecule has 0 bridgehead atoms. The molecule has 0 radical (unpaired) electrons. The van der Waals surface area contributed by atoms with E-state index < -0.39 is 0 Å². The highest BCUT2D eigenvalue weighted by atomic mass is 79.9. The standard InChI is InChI=1S/C10H9BrN4O/c11-8-4-2-1-3-7(8)5-12-10(16)9-13-6-14-15-9/h1-4,6H,5H2,(H,12,16)(H,13,14,15). The largest absolute Gasteiger partial charge is 0.345 e. The minimum Gasteiger partial charge on any atom is -0.345 e. The van der Waals surface area contributed by atoms with Crippen LogP contribution in [0, 0.1) is 0 Å². The number of halogens is 1. The number of hydrogen-bond acceptors (Lipinski definition) is 3. The first-order valence-corrected chi connectivity index (χ1v) is 5.43. The van der Waals surface area contributed by atoms with Crippen molar-refractivity contribution in [1.29, 1.82) is 0 Å². The average Bonchev–Trinajstić information content (AvgIpc) is 2.81. The monoisotopic (exact) mass is 280 g/mol. The molecule has 1 amide bonds. The van der Waals surface area contributed by atoms with Gasteiger partial charge < -0.3 is 5.32 Å². The SMILES string of the molecule is O=C(NCc1ccccc1Br)c1ncn[nH]1. The fraction of sp³-hybridized carbons (Fsp3) is 0.100. The van der Waals surface area contributed by atoms with Gasteiger partial charge in [0.1, 0.15) is 6.33 Å². The Morgan fingerprint density at radius 2 is 2.25 bits per heavy atom. The maximum absolute atomic E-state index is 11.5. The summed E-state index contributed by atoms with van der Waals surface area (Å²) in [5.41, 5.74) is 1.01. The molecule has 0 fully saturated rings. The van der Waals surface area contributed by atoms with E-state index in [9.17, 15) is 4.79 Å². The van der Waals surface area contributed by atoms with Crippen LogP contribution in [0.25, 0.3) is 0 Å². The summed E-state index contributed by atoms with van der Waals surface area (Å²) in [4.78, 5) is 15.3. The molecule has 1 heterocycles. The Bertz CT molecular complexity index is 483. The quantitative estimate of drug-likeness (QED) is 0.895. The van der Waals surface area contributed by atoms with Gasteiger partial charge in [-0.1, -0.05) is 34.1 Å². The lowest BCUT2D eigenvalue weighted by molar-refractivity contribution is 0.0941. The van der Waals surface area contributed by atoms with Gasteiger partial charge in [0.25, 0.3) is 5.91 Å². The fourth-order valence-electron chi connectivity index (χ4n) is 1.22. The second kappa shape index (κ2) is 4.89. The Balaban J connectivity index is 1.98. The minimum atomic E-state index is -0.270. The average molecular weight is 281 g/mol. The molecule has 0 aliphatic carbocycles. The molecule has 2 N–H and O–H groups in total. The number of hydrogen-bond donors (Lipinski definition) is 2. The van der Waals surface area contributed by atoms with E-state index in [0.717, 1.165) is 10.0 Å². The van der Waals surface area contributed by atoms with E-state index >= 15 is 0 Å². The third-order valence-electron chi connectivity index (χ3n) is 2.03. The number of nitrogens with one attached hydrogen (secondary N) is 2. The Morgan fingerprint density at radius 1 is 1.44 bits per heavy atom. The smallest absolute Gasteiger partial charge is 0.288 e. The van der Waals surface area contributed by atoms with Crippen LogP contribution >= 0.6 is 15.9 Å². The summed E-state index contributed by atoms with van der Waals surface area (Å²) < 4.78 is 0.966. The van der Waals surface area contributed by atoms with E-state index in [1.54, 1.807) is 0 Å². The van der Waals surface area contributed by atoms with E-state index in [4.69, 9.17) is 0 Å². The van der Waals surface area contributed by atoms with Crippen molar-refractivity contribution in [2.24, 2.45) is 0 Å². The first kappa shape index (κ1) is 10.8. The molecule has 0 saturated heterocycles. The Labute approximate surface area is 100 Å². The maximum Gasteiger partial charge on any atom is 0.288 e. The lowest BCUT2D eigenvalue weighted by atomic mass is 10.2. The van der Waals surface area contributed by atoms with Crippen molar-refractivity contribution in [3.8, 4) is 0 Å². The molecule has 0 aliphatic rings. The number of carbonyl (C=O) groups is 1. The van der Waals surface area contributed by atoms with Gasteiger partial charge in [0.15, 0.2) is 0 Å². The van der Waals surface area contributed by atoms with E-state index in [2.05, 4.69) is 36.4 Å². The molecule has 16 heavy (non-hydrogen) atoms. The molecule has 6 heteroatoms. The van der Waals surface area contributed by atoms with Gasteiger partial charge in [-0.2, -0.15) is 5.10 Å². The summed E-state index contributed by atoms with van der Waals surface area (Å²) >= 11 is 3.41. The molecule has 2 rings (SSSR count). The molecular weight excluding hydrogens is 272 g/mol. The molecular formula is C10H9BrN4O. The predicted octanol–water partition coefficient (Wildman–Crippen LogP) is 1.50. The van der Waals surface area contributed by atoms with Crippen molar-refractivity contribution >= 4 is 21.8 Å². The van der Waals surface area contributed by atoms with Crippen LogP contribution in [0.15, 0.2) is 35.1 Å². The molecule has 0 aliphatic heterocycles. The maximum atomic E-state index is 11.5. The molecule has 0 atom stereocenters. The van der Waals surface area contributed by atoms with Crippen molar-refractivity contribution in [3.63, 3.8) is 0 Å². The van der Waals surface area contributed by atoms with Gasteiger partial charge in [-0.15, -0.1) is 0 Å². The van der Waals surface area contributed by atoms with E-state index in [-0.39, 0.29) is 11.7 Å². The fourth-order valence-corrected chi connectivity index (χ4v) is 1.64. The number of carbonyl (C=O) groups excluding carboxylic acids is 1. The number of rotatable bonds is 3. The predicted molar refractivity (Wildman–Crippen MR) is 61.7 cm³/mol. The number of benzene rings is 1. The van der Waals surface area contributed by atoms with Crippen molar-refractivity contribution < 1.29 is 4.79 Å². The highest BCUT2D eigenvalue weighted by Crippen LogP contribution is 2.15. The Hall–Kier alpha value is -1.69. The van der Waals surface area contributed by atoms with Crippen molar-refractivity contribution in [2.45, 2.75) is 6.54 Å². The first-order chi connectivity index (χ1) is 7.77. The Kier molecular flexibility index (Phi) is 3.31. The Morgan fingerprint density at radius 3 is 2.94 bits per heavy atom. The topological polar surface area (TPSA) is 70.7 Å². The highest BCUT2D eigenvalue weighted by Gasteiger charge is 2.08. The lowest BCUT2D eigenvalue weighted by Gasteiger charge is -2.04. The molecule has 82 valence electrons. The number of aromatic amines is 1. The molecule has 0 spiro atoms. The van der Waals surface area contributed by atoms with Crippen LogP contribution in [0.3, 0.4) is 0 Å². The molecule has 0 saturated carbocycles. The van der Waals surface area contributed by atoms with Gasteiger partial charge in [-0.25, -0.2) is 4.98 Å². The summed E-state index contributed by atoms with van der Waals surface area (Å²) in [5.74, 6) is -0.0553. The summed E-state index contributed by atoms with van der Waals surface area (Å²) in [5, 5.41) is 8.85. The summed E-state index contributed by atoms with van der Waals surface area (Å²) in [6.07, 6.45) is 1.30. The molecule has 1 aromatic heterocycles. The normalized spacial score (nSPS) is 10.1. The number of nitrogens with zero attached hydrogens (tertiary/aromatic N) is 2. The van der Waals surface area contributed by atoms with Gasteiger partial charge in [-0.05, 0) is 11.6 Å². The lowest BCUT2D eigenvalue weighted by Crippen LogP contribution is -2.24.